The van der Waals surface area contributed by atoms with Crippen LogP contribution in [0, 0.1) is 6.92 Å². The molecular weight excluding hydrogens is 927 g/mol. The van der Waals surface area contributed by atoms with Crippen molar-refractivity contribution in [1.82, 2.24) is 68.1 Å². The molecule has 13 N–H and O–H groups in total. The first-order valence-electron chi connectivity index (χ1n) is 22.2. The number of anilines is 3. The number of aliphatic hydroxyl groups excluding tert-OH is 4. The maximum absolute atomic E-state index is 13.1. The second-order valence-electron chi connectivity index (χ2n) is 18.0. The van der Waals surface area contributed by atoms with Crippen molar-refractivity contribution in [3.8, 4) is 0 Å². The van der Waals surface area contributed by atoms with Gasteiger partial charge in [-0.05, 0) is 6.92 Å². The van der Waals surface area contributed by atoms with E-state index in [1.165, 1.54) is 47.6 Å². The van der Waals surface area contributed by atoms with Gasteiger partial charge in [-0.25, -0.2) is 29.7 Å². The summed E-state index contributed by atoms with van der Waals surface area (Å²) >= 11 is 0. The van der Waals surface area contributed by atoms with E-state index in [2.05, 4.69) is 49.8 Å². The van der Waals surface area contributed by atoms with E-state index in [0.717, 1.165) is 4.57 Å². The Balaban J connectivity index is 0.977. The van der Waals surface area contributed by atoms with E-state index in [-0.39, 0.29) is 84.1 Å². The summed E-state index contributed by atoms with van der Waals surface area (Å²) in [5.41, 5.74) is 14.4. The predicted octanol–water partition coefficient (Wildman–Crippen LogP) is -3.17. The van der Waals surface area contributed by atoms with Crippen molar-refractivity contribution in [2.24, 2.45) is 0 Å². The average molecular weight is 974 g/mol. The standard InChI is InChI=1S/C40H47N17O13/c1-14-8-54(39(65)53-34(14)62)22-2-15(58)19(67-22)6-40(7-20-16(59)3-23(68-20)55-11-46-26-30(41)44-10-45-31(26)55,29-18(61)5-25(70-29)57-13-48-28-33(57)50-38(43)52-36(28)64)66-9-21-17(60)4-24(69-21)56-12-47-27-32(56)49-37(42)51-35(27)63/h8,10-13,15-25,29,58-61H,2-7,9H2,1H3,(H2,41,44,45)(H,53,62,65)(H3,42,49,51,63)(H3,43,50,52,64)/t15-,16-,17-,18-,19+,20+,21+,22+,23+,24+,25+,29-,40?/m0/s1. The molecular formula is C40H47N17O13. The number of H-pyrrole nitrogens is 3. The number of imidazole rings is 3. The number of fused-ring (bicyclic) bond motifs is 3. The molecule has 4 aliphatic heterocycles. The summed E-state index contributed by atoms with van der Waals surface area (Å²) in [6, 6.07) is 0. The molecule has 4 fully saturated rings. The maximum Gasteiger partial charge on any atom is 0.330 e. The lowest BCUT2D eigenvalue weighted by Crippen LogP contribution is -2.56. The number of nitrogen functional groups attached to an aromatic ring is 3. The van der Waals surface area contributed by atoms with Crippen molar-refractivity contribution >= 4 is 51.2 Å². The number of hydrogen-bond donors (Lipinski definition) is 10. The number of nitrogens with zero attached hydrogens (tertiary/aromatic N) is 11. The van der Waals surface area contributed by atoms with Gasteiger partial charge >= 0.3 is 5.69 Å². The lowest BCUT2D eigenvalue weighted by atomic mass is 9.80. The van der Waals surface area contributed by atoms with E-state index < -0.39 is 108 Å². The van der Waals surface area contributed by atoms with Crippen LogP contribution in [0.15, 0.2) is 50.7 Å². The highest BCUT2D eigenvalue weighted by molar-refractivity contribution is 5.81. The Morgan fingerprint density at radius 3 is 1.69 bits per heavy atom. The zero-order valence-electron chi connectivity index (χ0n) is 36.9. The van der Waals surface area contributed by atoms with Crippen molar-refractivity contribution < 1.29 is 44.1 Å². The molecule has 7 aromatic rings. The number of hydrogen-bond acceptors (Lipinski definition) is 23. The van der Waals surface area contributed by atoms with Gasteiger partial charge in [-0.2, -0.15) is 9.97 Å². The molecule has 370 valence electrons. The Labute approximate surface area is 390 Å². The van der Waals surface area contributed by atoms with E-state index >= 15 is 0 Å². The van der Waals surface area contributed by atoms with Crippen LogP contribution in [0.4, 0.5) is 17.7 Å². The van der Waals surface area contributed by atoms with Crippen LogP contribution in [0.5, 0.6) is 0 Å². The molecule has 0 bridgehead atoms. The minimum Gasteiger partial charge on any atom is -0.390 e. The Bertz CT molecular complexity index is 3380. The number of nitrogens with one attached hydrogen (secondary N) is 3. The molecule has 0 aliphatic carbocycles. The summed E-state index contributed by atoms with van der Waals surface area (Å²) in [5.74, 6) is -0.236. The van der Waals surface area contributed by atoms with Gasteiger partial charge in [0, 0.05) is 50.3 Å². The van der Waals surface area contributed by atoms with Crippen LogP contribution < -0.4 is 39.6 Å². The Morgan fingerprint density at radius 1 is 0.614 bits per heavy atom. The summed E-state index contributed by atoms with van der Waals surface area (Å²) < 4.78 is 38.8. The normalized spacial score (nSPS) is 30.1. The molecule has 13 atom stereocenters. The Morgan fingerprint density at radius 2 is 1.10 bits per heavy atom. The number of nitrogens with two attached hydrogens (primary N) is 3. The summed E-state index contributed by atoms with van der Waals surface area (Å²) in [4.78, 5) is 87.5. The van der Waals surface area contributed by atoms with Crippen LogP contribution in [0.25, 0.3) is 33.5 Å². The molecule has 30 heteroatoms. The van der Waals surface area contributed by atoms with Gasteiger partial charge in [0.25, 0.3) is 16.7 Å². The molecule has 4 aliphatic rings. The third kappa shape index (κ3) is 7.77. The van der Waals surface area contributed by atoms with Crippen molar-refractivity contribution in [3.63, 3.8) is 0 Å². The highest BCUT2D eigenvalue weighted by atomic mass is 16.6. The predicted molar refractivity (Wildman–Crippen MR) is 237 cm³/mol. The van der Waals surface area contributed by atoms with Crippen LogP contribution in [-0.4, -0.2) is 150 Å². The number of aromatic amines is 3. The molecule has 70 heavy (non-hydrogen) atoms. The number of aromatic nitrogens is 14. The lowest BCUT2D eigenvalue weighted by molar-refractivity contribution is -0.221. The van der Waals surface area contributed by atoms with Crippen molar-refractivity contribution in [2.45, 2.75) is 125 Å². The molecule has 1 unspecified atom stereocenters. The molecule has 11 rings (SSSR count). The van der Waals surface area contributed by atoms with E-state index in [0.29, 0.717) is 11.2 Å². The van der Waals surface area contributed by atoms with Crippen LogP contribution in [-0.2, 0) is 23.7 Å². The highest BCUT2D eigenvalue weighted by Gasteiger charge is 2.57. The van der Waals surface area contributed by atoms with Gasteiger partial charge in [0.05, 0.1) is 62.2 Å². The monoisotopic (exact) mass is 973 g/mol. The number of ether oxygens (including phenoxy) is 5. The second-order valence-corrected chi connectivity index (χ2v) is 18.0. The summed E-state index contributed by atoms with van der Waals surface area (Å²) in [6.07, 6.45) is -8.01. The maximum atomic E-state index is 13.1. The molecule has 0 aromatic carbocycles. The van der Waals surface area contributed by atoms with Gasteiger partial charge in [-0.15, -0.1) is 0 Å². The first-order chi connectivity index (χ1) is 33.5. The first kappa shape index (κ1) is 45.4. The largest absolute Gasteiger partial charge is 0.390 e. The van der Waals surface area contributed by atoms with Crippen LogP contribution in [0.2, 0.25) is 0 Å². The molecule has 11 heterocycles. The van der Waals surface area contributed by atoms with E-state index in [9.17, 15) is 39.6 Å². The van der Waals surface area contributed by atoms with Crippen LogP contribution >= 0.6 is 0 Å². The first-order valence-corrected chi connectivity index (χ1v) is 22.2. The minimum absolute atomic E-state index is 0.0122. The van der Waals surface area contributed by atoms with E-state index in [1.807, 2.05) is 0 Å². The molecule has 4 saturated heterocycles. The molecule has 0 saturated carbocycles. The Hall–Kier alpha value is -7.03. The van der Waals surface area contributed by atoms with Gasteiger partial charge in [0.2, 0.25) is 11.9 Å². The summed E-state index contributed by atoms with van der Waals surface area (Å²) in [6.45, 7) is 1.09. The molecule has 30 nitrogen and oxygen atoms in total. The van der Waals surface area contributed by atoms with Gasteiger partial charge in [0.1, 0.15) is 54.6 Å². The second kappa shape index (κ2) is 17.1. The SMILES string of the molecule is Cc1cn([C@H]2C[C@H](O)[C@@H](CC(C[C@H]3O[C@@H](n4cnc5c(N)ncnc54)C[C@@H]3O)(OC[C@H]3O[C@@H](n4cnc5c(=O)[nH]c(N)nc54)C[C@@H]3O)[C@H]3O[C@@H](n4cnc5c(=O)[nH]c(N)nc54)C[C@@H]3O)O2)c(=O)[nH]c1=O. The smallest absolute Gasteiger partial charge is 0.330 e. The minimum atomic E-state index is -1.86. The fourth-order valence-corrected chi connectivity index (χ4v) is 10.1. The van der Waals surface area contributed by atoms with Crippen molar-refractivity contribution in [1.29, 1.82) is 0 Å². The van der Waals surface area contributed by atoms with Gasteiger partial charge in [0.15, 0.2) is 33.8 Å². The van der Waals surface area contributed by atoms with Gasteiger partial charge in [-0.1, -0.05) is 0 Å². The third-order valence-electron chi connectivity index (χ3n) is 13.5. The van der Waals surface area contributed by atoms with Crippen molar-refractivity contribution in [3.05, 3.63) is 78.6 Å². The summed E-state index contributed by atoms with van der Waals surface area (Å²) in [5, 5.41) is 47.6. The third-order valence-corrected chi connectivity index (χ3v) is 13.5. The molecule has 0 spiro atoms. The van der Waals surface area contributed by atoms with Crippen molar-refractivity contribution in [2.75, 3.05) is 23.8 Å². The van der Waals surface area contributed by atoms with E-state index in [4.69, 9.17) is 40.9 Å². The summed E-state index contributed by atoms with van der Waals surface area (Å²) in [7, 11) is 0. The molecule has 7 aromatic heterocycles. The van der Waals surface area contributed by atoms with Crippen LogP contribution in [0.3, 0.4) is 0 Å². The lowest BCUT2D eigenvalue weighted by Gasteiger charge is -2.44. The van der Waals surface area contributed by atoms with Gasteiger partial charge in [-0.3, -0.25) is 47.6 Å². The molecule has 0 amide bonds. The average Bonchev–Trinajstić information content (AvgIpc) is 4.18. The quantitative estimate of drug-likeness (QED) is 0.0577. The zero-order chi connectivity index (χ0) is 48.9. The highest BCUT2D eigenvalue weighted by Crippen LogP contribution is 2.47. The number of aliphatic hydroxyl groups is 4. The Kier molecular flexibility index (Phi) is 11.1. The number of aryl methyl sites for hydroxylation is 1. The molecule has 0 radical (unpaired) electrons. The van der Waals surface area contributed by atoms with Crippen LogP contribution in [0.1, 0.15) is 69.0 Å². The fraction of sp³-hybridized carbons (Fsp3) is 0.525. The van der Waals surface area contributed by atoms with Gasteiger partial charge < -0.3 is 61.3 Å². The zero-order valence-corrected chi connectivity index (χ0v) is 36.9. The van der Waals surface area contributed by atoms with E-state index in [1.54, 1.807) is 4.57 Å². The fourth-order valence-electron chi connectivity index (χ4n) is 10.1. The topological polar surface area (TPSA) is 431 Å². The number of rotatable bonds is 12.